The molecule has 1 aliphatic rings. The van der Waals surface area contributed by atoms with Gasteiger partial charge in [0.05, 0.1) is 11.3 Å². The Balaban J connectivity index is 2.44. The minimum Gasteiger partial charge on any atom is -0.481 e. The van der Waals surface area contributed by atoms with E-state index in [1.165, 1.54) is 32.1 Å². The summed E-state index contributed by atoms with van der Waals surface area (Å²) in [4.78, 5) is 23.1. The third-order valence-corrected chi connectivity index (χ3v) is 4.80. The predicted molar refractivity (Wildman–Crippen MR) is 86.8 cm³/mol. The predicted octanol–water partition coefficient (Wildman–Crippen LogP) is 4.64. The highest BCUT2D eigenvalue weighted by molar-refractivity contribution is 5.85. The van der Waals surface area contributed by atoms with E-state index in [4.69, 9.17) is 0 Å². The molecule has 22 heavy (non-hydrogen) atoms. The lowest BCUT2D eigenvalue weighted by atomic mass is 9.67. The van der Waals surface area contributed by atoms with E-state index in [0.717, 1.165) is 19.3 Å². The normalized spacial score (nSPS) is 24.3. The van der Waals surface area contributed by atoms with Gasteiger partial charge in [-0.05, 0) is 19.3 Å². The van der Waals surface area contributed by atoms with Crippen LogP contribution in [0, 0.1) is 11.3 Å². The molecule has 0 amide bonds. The van der Waals surface area contributed by atoms with E-state index in [9.17, 15) is 19.8 Å². The molecule has 1 aliphatic carbocycles. The van der Waals surface area contributed by atoms with E-state index in [-0.39, 0.29) is 0 Å². The van der Waals surface area contributed by atoms with Crippen molar-refractivity contribution < 1.29 is 19.8 Å². The first-order chi connectivity index (χ1) is 10.5. The van der Waals surface area contributed by atoms with Gasteiger partial charge in [0.15, 0.2) is 0 Å². The van der Waals surface area contributed by atoms with E-state index in [0.29, 0.717) is 19.3 Å². The van der Waals surface area contributed by atoms with Crippen molar-refractivity contribution in [2.45, 2.75) is 77.6 Å². The van der Waals surface area contributed by atoms with E-state index in [2.05, 4.69) is 6.92 Å². The van der Waals surface area contributed by atoms with Crippen molar-refractivity contribution >= 4 is 11.9 Å². The van der Waals surface area contributed by atoms with Crippen molar-refractivity contribution in [3.05, 3.63) is 12.2 Å². The average molecular weight is 310 g/mol. The van der Waals surface area contributed by atoms with Gasteiger partial charge in [-0.2, -0.15) is 0 Å². The van der Waals surface area contributed by atoms with Gasteiger partial charge in [-0.1, -0.05) is 70.4 Å². The number of hydrogen-bond donors (Lipinski definition) is 2. The van der Waals surface area contributed by atoms with Crippen LogP contribution in [0.25, 0.3) is 0 Å². The fraction of sp³-hybridized carbons (Fsp3) is 0.778. The Hall–Kier alpha value is -1.32. The first kappa shape index (κ1) is 18.7. The number of carbonyl (C=O) groups is 2. The summed E-state index contributed by atoms with van der Waals surface area (Å²) < 4.78 is 0. The van der Waals surface area contributed by atoms with Gasteiger partial charge in [-0.25, -0.2) is 0 Å². The zero-order valence-corrected chi connectivity index (χ0v) is 13.7. The molecule has 0 radical (unpaired) electrons. The number of unbranched alkanes of at least 4 members (excludes halogenated alkanes) is 7. The van der Waals surface area contributed by atoms with E-state index in [1.54, 1.807) is 6.08 Å². The van der Waals surface area contributed by atoms with Crippen LogP contribution in [0.5, 0.6) is 0 Å². The molecular weight excluding hydrogens is 280 g/mol. The van der Waals surface area contributed by atoms with Crippen molar-refractivity contribution in [3.63, 3.8) is 0 Å². The van der Waals surface area contributed by atoms with Crippen LogP contribution in [0.15, 0.2) is 12.2 Å². The summed E-state index contributed by atoms with van der Waals surface area (Å²) in [6.07, 6.45) is 14.1. The van der Waals surface area contributed by atoms with E-state index >= 15 is 0 Å². The van der Waals surface area contributed by atoms with Gasteiger partial charge >= 0.3 is 11.9 Å². The average Bonchev–Trinajstić information content (AvgIpc) is 2.50. The summed E-state index contributed by atoms with van der Waals surface area (Å²) in [5.74, 6) is -2.76. The Morgan fingerprint density at radius 3 is 2.18 bits per heavy atom. The highest BCUT2D eigenvalue weighted by Crippen LogP contribution is 2.42. The molecule has 2 unspecified atom stereocenters. The Morgan fingerprint density at radius 1 is 1.05 bits per heavy atom. The van der Waals surface area contributed by atoms with Crippen molar-refractivity contribution in [1.82, 2.24) is 0 Å². The lowest BCUT2D eigenvalue weighted by Gasteiger charge is -2.34. The number of hydrogen-bond acceptors (Lipinski definition) is 2. The van der Waals surface area contributed by atoms with Gasteiger partial charge in [0.2, 0.25) is 0 Å². The molecule has 0 aliphatic heterocycles. The summed E-state index contributed by atoms with van der Waals surface area (Å²) >= 11 is 0. The SMILES string of the molecule is CCCCCCCCCCC1(C(=O)O)C=CCCC1C(=O)O. The number of carboxylic acids is 2. The van der Waals surface area contributed by atoms with Crippen molar-refractivity contribution in [2.75, 3.05) is 0 Å². The zero-order chi connectivity index (χ0) is 16.4. The molecule has 2 atom stereocenters. The quantitative estimate of drug-likeness (QED) is 0.430. The van der Waals surface area contributed by atoms with Crippen LogP contribution in [-0.4, -0.2) is 22.2 Å². The van der Waals surface area contributed by atoms with Gasteiger partial charge in [-0.3, -0.25) is 9.59 Å². The largest absolute Gasteiger partial charge is 0.481 e. The Bertz CT molecular complexity index is 389. The lowest BCUT2D eigenvalue weighted by molar-refractivity contribution is -0.160. The van der Waals surface area contributed by atoms with Gasteiger partial charge in [-0.15, -0.1) is 0 Å². The molecule has 0 spiro atoms. The minimum absolute atomic E-state index is 0.426. The molecule has 0 saturated carbocycles. The fourth-order valence-corrected chi connectivity index (χ4v) is 3.41. The second kappa shape index (κ2) is 9.65. The Labute approximate surface area is 133 Å². The maximum Gasteiger partial charge on any atom is 0.314 e. The number of allylic oxidation sites excluding steroid dienone is 1. The molecule has 0 aromatic rings. The smallest absolute Gasteiger partial charge is 0.314 e. The Kier molecular flexibility index (Phi) is 8.21. The van der Waals surface area contributed by atoms with Crippen LogP contribution in [0.3, 0.4) is 0 Å². The number of carboxylic acid groups (broad SMARTS) is 2. The van der Waals surface area contributed by atoms with Crippen LogP contribution in [0.2, 0.25) is 0 Å². The van der Waals surface area contributed by atoms with Gasteiger partial charge < -0.3 is 10.2 Å². The van der Waals surface area contributed by atoms with Gasteiger partial charge in [0.1, 0.15) is 0 Å². The van der Waals surface area contributed by atoms with Crippen LogP contribution in [0.1, 0.15) is 77.6 Å². The number of rotatable bonds is 11. The van der Waals surface area contributed by atoms with Crippen LogP contribution in [0.4, 0.5) is 0 Å². The maximum atomic E-state index is 11.7. The van der Waals surface area contributed by atoms with Gasteiger partial charge in [0, 0.05) is 0 Å². The summed E-state index contributed by atoms with van der Waals surface area (Å²) in [6.45, 7) is 2.20. The molecule has 4 nitrogen and oxygen atoms in total. The molecule has 1 rings (SSSR count). The van der Waals surface area contributed by atoms with E-state index in [1.807, 2.05) is 6.08 Å². The highest BCUT2D eigenvalue weighted by Gasteiger charge is 2.48. The maximum absolute atomic E-state index is 11.7. The number of aliphatic carboxylic acids is 2. The second-order valence-electron chi connectivity index (χ2n) is 6.44. The second-order valence-corrected chi connectivity index (χ2v) is 6.44. The third kappa shape index (κ3) is 5.15. The topological polar surface area (TPSA) is 74.6 Å². The van der Waals surface area contributed by atoms with Crippen LogP contribution in [-0.2, 0) is 9.59 Å². The molecule has 126 valence electrons. The summed E-state index contributed by atoms with van der Waals surface area (Å²) in [5.41, 5.74) is -1.20. The monoisotopic (exact) mass is 310 g/mol. The molecule has 4 heteroatoms. The molecular formula is C18H30O4. The summed E-state index contributed by atoms with van der Waals surface area (Å²) in [5, 5.41) is 18.9. The summed E-state index contributed by atoms with van der Waals surface area (Å²) in [6, 6.07) is 0. The fourth-order valence-electron chi connectivity index (χ4n) is 3.41. The molecule has 0 aromatic heterocycles. The minimum atomic E-state index is -1.20. The first-order valence-corrected chi connectivity index (χ1v) is 8.68. The molecule has 0 saturated heterocycles. The Morgan fingerprint density at radius 2 is 1.64 bits per heavy atom. The van der Waals surface area contributed by atoms with E-state index < -0.39 is 23.3 Å². The molecule has 0 bridgehead atoms. The molecule has 0 fully saturated rings. The van der Waals surface area contributed by atoms with Crippen molar-refractivity contribution in [1.29, 1.82) is 0 Å². The van der Waals surface area contributed by atoms with Crippen LogP contribution >= 0.6 is 0 Å². The van der Waals surface area contributed by atoms with Crippen molar-refractivity contribution in [3.8, 4) is 0 Å². The van der Waals surface area contributed by atoms with Crippen LogP contribution < -0.4 is 0 Å². The molecule has 0 heterocycles. The highest BCUT2D eigenvalue weighted by atomic mass is 16.4. The summed E-state index contributed by atoms with van der Waals surface area (Å²) in [7, 11) is 0. The van der Waals surface area contributed by atoms with Crippen molar-refractivity contribution in [2.24, 2.45) is 11.3 Å². The molecule has 2 N–H and O–H groups in total. The van der Waals surface area contributed by atoms with Gasteiger partial charge in [0.25, 0.3) is 0 Å². The first-order valence-electron chi connectivity index (χ1n) is 8.68. The lowest BCUT2D eigenvalue weighted by Crippen LogP contribution is -2.42. The zero-order valence-electron chi connectivity index (χ0n) is 13.7. The third-order valence-electron chi connectivity index (χ3n) is 4.80. The molecule has 0 aromatic carbocycles. The standard InChI is InChI=1S/C18H30O4/c1-2-3-4-5-6-7-8-10-13-18(17(21)22)14-11-9-12-15(18)16(19)20/h11,14-15H,2-10,12-13H2,1H3,(H,19,20)(H,21,22).